The molecule has 16 heavy (non-hydrogen) atoms. The number of carboxylic acid groups (broad SMARTS) is 1. The Morgan fingerprint density at radius 2 is 2.31 bits per heavy atom. The minimum absolute atomic E-state index is 0.253. The first kappa shape index (κ1) is 10.6. The van der Waals surface area contributed by atoms with Crippen LogP contribution in [0.3, 0.4) is 0 Å². The molecule has 0 aliphatic rings. The standard InChI is InChI=1S/C11H12N2O3/c1-16-5-4-9-7-13-6-8(11(14)15)2-3-10(13)12-9/h2-3,6-7H,4-5H2,1H3,(H,14,15). The Morgan fingerprint density at radius 1 is 1.50 bits per heavy atom. The highest BCUT2D eigenvalue weighted by Gasteiger charge is 2.06. The summed E-state index contributed by atoms with van der Waals surface area (Å²) in [5.41, 5.74) is 1.89. The molecular formula is C11H12N2O3. The summed E-state index contributed by atoms with van der Waals surface area (Å²) in [5.74, 6) is -0.936. The van der Waals surface area contributed by atoms with Crippen molar-refractivity contribution in [3.8, 4) is 0 Å². The van der Waals surface area contributed by atoms with E-state index in [0.29, 0.717) is 6.61 Å². The molecule has 2 aromatic rings. The van der Waals surface area contributed by atoms with Crippen LogP contribution in [0.4, 0.5) is 0 Å². The number of hydrogen-bond acceptors (Lipinski definition) is 3. The van der Waals surface area contributed by atoms with Crippen LogP contribution in [0.15, 0.2) is 24.5 Å². The molecule has 0 saturated heterocycles. The number of rotatable bonds is 4. The fraction of sp³-hybridized carbons (Fsp3) is 0.273. The number of aromatic nitrogens is 2. The Labute approximate surface area is 92.3 Å². The number of fused-ring (bicyclic) bond motifs is 1. The third-order valence-electron chi connectivity index (χ3n) is 2.31. The van der Waals surface area contributed by atoms with Gasteiger partial charge in [0.25, 0.3) is 0 Å². The van der Waals surface area contributed by atoms with Crippen molar-refractivity contribution >= 4 is 11.6 Å². The lowest BCUT2D eigenvalue weighted by Crippen LogP contribution is -1.97. The van der Waals surface area contributed by atoms with Crippen LogP contribution < -0.4 is 0 Å². The summed E-state index contributed by atoms with van der Waals surface area (Å²) in [6.07, 6.45) is 4.10. The first-order valence-electron chi connectivity index (χ1n) is 4.90. The average Bonchev–Trinajstić information content (AvgIpc) is 2.67. The van der Waals surface area contributed by atoms with E-state index in [2.05, 4.69) is 4.98 Å². The normalized spacial score (nSPS) is 10.8. The van der Waals surface area contributed by atoms with Crippen LogP contribution in [0.5, 0.6) is 0 Å². The summed E-state index contributed by atoms with van der Waals surface area (Å²) >= 11 is 0. The molecule has 0 unspecified atom stereocenters. The van der Waals surface area contributed by atoms with Gasteiger partial charge < -0.3 is 14.2 Å². The van der Waals surface area contributed by atoms with E-state index in [4.69, 9.17) is 9.84 Å². The highest BCUT2D eigenvalue weighted by molar-refractivity contribution is 5.87. The van der Waals surface area contributed by atoms with Crippen molar-refractivity contribution in [2.75, 3.05) is 13.7 Å². The topological polar surface area (TPSA) is 63.8 Å². The molecule has 0 aromatic carbocycles. The zero-order valence-corrected chi connectivity index (χ0v) is 8.88. The molecule has 5 heteroatoms. The van der Waals surface area contributed by atoms with E-state index in [1.165, 1.54) is 0 Å². The summed E-state index contributed by atoms with van der Waals surface area (Å²) in [5, 5.41) is 8.84. The van der Waals surface area contributed by atoms with E-state index in [-0.39, 0.29) is 5.56 Å². The van der Waals surface area contributed by atoms with Gasteiger partial charge in [-0.05, 0) is 12.1 Å². The molecule has 0 saturated carbocycles. The smallest absolute Gasteiger partial charge is 0.337 e. The van der Waals surface area contributed by atoms with Crippen LogP contribution in [0.25, 0.3) is 5.65 Å². The number of hydrogen-bond donors (Lipinski definition) is 1. The minimum atomic E-state index is -0.936. The minimum Gasteiger partial charge on any atom is -0.478 e. The summed E-state index contributed by atoms with van der Waals surface area (Å²) in [4.78, 5) is 15.1. The highest BCUT2D eigenvalue weighted by Crippen LogP contribution is 2.08. The molecule has 0 aliphatic carbocycles. The maximum Gasteiger partial charge on any atom is 0.337 e. The van der Waals surface area contributed by atoms with Crippen LogP contribution in [0.1, 0.15) is 16.1 Å². The van der Waals surface area contributed by atoms with Crippen molar-refractivity contribution in [1.29, 1.82) is 0 Å². The van der Waals surface area contributed by atoms with Gasteiger partial charge in [0, 0.05) is 25.9 Å². The van der Waals surface area contributed by atoms with E-state index >= 15 is 0 Å². The van der Waals surface area contributed by atoms with E-state index in [1.807, 2.05) is 6.20 Å². The summed E-state index contributed by atoms with van der Waals surface area (Å²) in [6.45, 7) is 0.607. The van der Waals surface area contributed by atoms with Gasteiger partial charge in [-0.3, -0.25) is 0 Å². The predicted octanol–water partition coefficient (Wildman–Crippen LogP) is 1.22. The summed E-state index contributed by atoms with van der Waals surface area (Å²) < 4.78 is 6.68. The van der Waals surface area contributed by atoms with Gasteiger partial charge in [0.2, 0.25) is 0 Å². The Hall–Kier alpha value is -1.88. The van der Waals surface area contributed by atoms with Crippen molar-refractivity contribution in [2.45, 2.75) is 6.42 Å². The molecule has 1 N–H and O–H groups in total. The third kappa shape index (κ3) is 2.04. The van der Waals surface area contributed by atoms with Crippen LogP contribution in [0, 0.1) is 0 Å². The monoisotopic (exact) mass is 220 g/mol. The quantitative estimate of drug-likeness (QED) is 0.841. The van der Waals surface area contributed by atoms with Gasteiger partial charge in [0.1, 0.15) is 5.65 Å². The van der Waals surface area contributed by atoms with Gasteiger partial charge in [0.05, 0.1) is 17.9 Å². The molecule has 2 aromatic heterocycles. The number of ether oxygens (including phenoxy) is 1. The van der Waals surface area contributed by atoms with E-state index < -0.39 is 5.97 Å². The molecule has 5 nitrogen and oxygen atoms in total. The van der Waals surface area contributed by atoms with Gasteiger partial charge in [-0.25, -0.2) is 9.78 Å². The zero-order chi connectivity index (χ0) is 11.5. The second kappa shape index (κ2) is 4.32. The molecule has 0 bridgehead atoms. The van der Waals surface area contributed by atoms with Gasteiger partial charge in [-0.2, -0.15) is 0 Å². The Morgan fingerprint density at radius 3 is 3.00 bits per heavy atom. The second-order valence-corrected chi connectivity index (χ2v) is 3.46. The van der Waals surface area contributed by atoms with Crippen molar-refractivity contribution in [2.24, 2.45) is 0 Å². The Balaban J connectivity index is 2.34. The number of carboxylic acids is 1. The van der Waals surface area contributed by atoms with E-state index in [9.17, 15) is 4.79 Å². The van der Waals surface area contributed by atoms with Gasteiger partial charge in [-0.15, -0.1) is 0 Å². The van der Waals surface area contributed by atoms with Crippen molar-refractivity contribution < 1.29 is 14.6 Å². The molecule has 0 amide bonds. The Kier molecular flexibility index (Phi) is 2.87. The van der Waals surface area contributed by atoms with Gasteiger partial charge in [0.15, 0.2) is 0 Å². The SMILES string of the molecule is COCCc1cn2cc(C(=O)O)ccc2n1. The second-order valence-electron chi connectivity index (χ2n) is 3.46. The summed E-state index contributed by atoms with van der Waals surface area (Å²) in [7, 11) is 1.64. The third-order valence-corrected chi connectivity index (χ3v) is 2.31. The lowest BCUT2D eigenvalue weighted by Gasteiger charge is -1.95. The van der Waals surface area contributed by atoms with E-state index in [1.54, 1.807) is 29.8 Å². The van der Waals surface area contributed by atoms with Crippen molar-refractivity contribution in [3.63, 3.8) is 0 Å². The average molecular weight is 220 g/mol. The molecule has 0 fully saturated rings. The lowest BCUT2D eigenvalue weighted by molar-refractivity contribution is 0.0696. The number of aromatic carboxylic acids is 1. The fourth-order valence-electron chi connectivity index (χ4n) is 1.50. The molecule has 2 heterocycles. The Bertz CT molecular complexity index is 519. The van der Waals surface area contributed by atoms with Crippen LogP contribution in [0.2, 0.25) is 0 Å². The molecule has 2 rings (SSSR count). The molecule has 0 radical (unpaired) electrons. The molecule has 0 atom stereocenters. The number of imidazole rings is 1. The molecular weight excluding hydrogens is 208 g/mol. The number of carbonyl (C=O) groups is 1. The predicted molar refractivity (Wildman–Crippen MR) is 57.7 cm³/mol. The molecule has 0 spiro atoms. The van der Waals surface area contributed by atoms with E-state index in [0.717, 1.165) is 17.8 Å². The number of nitrogens with zero attached hydrogens (tertiary/aromatic N) is 2. The van der Waals surface area contributed by atoms with Crippen LogP contribution >= 0.6 is 0 Å². The maximum atomic E-state index is 10.8. The largest absolute Gasteiger partial charge is 0.478 e. The van der Waals surface area contributed by atoms with Gasteiger partial charge in [-0.1, -0.05) is 0 Å². The number of methoxy groups -OCH3 is 1. The first-order valence-corrected chi connectivity index (χ1v) is 4.90. The van der Waals surface area contributed by atoms with Crippen molar-refractivity contribution in [1.82, 2.24) is 9.38 Å². The maximum absolute atomic E-state index is 10.8. The van der Waals surface area contributed by atoms with Gasteiger partial charge >= 0.3 is 5.97 Å². The van der Waals surface area contributed by atoms with Crippen molar-refractivity contribution in [3.05, 3.63) is 35.8 Å². The molecule has 0 aliphatic heterocycles. The van der Waals surface area contributed by atoms with Crippen LogP contribution in [-0.4, -0.2) is 34.2 Å². The summed E-state index contributed by atoms with van der Waals surface area (Å²) in [6, 6.07) is 3.24. The number of pyridine rings is 1. The van der Waals surface area contributed by atoms with Crippen LogP contribution in [-0.2, 0) is 11.2 Å². The fourth-order valence-corrected chi connectivity index (χ4v) is 1.50. The highest BCUT2D eigenvalue weighted by atomic mass is 16.5. The zero-order valence-electron chi connectivity index (χ0n) is 8.88. The lowest BCUT2D eigenvalue weighted by atomic mass is 10.3. The molecule has 84 valence electrons. The first-order chi connectivity index (χ1) is 7.70.